The highest BCUT2D eigenvalue weighted by molar-refractivity contribution is 7.99. The lowest BCUT2D eigenvalue weighted by atomic mass is 10.1. The van der Waals surface area contributed by atoms with Crippen molar-refractivity contribution in [3.8, 4) is 11.5 Å². The molecule has 0 aliphatic carbocycles. The number of aromatic hydroxyl groups is 2. The zero-order valence-corrected chi connectivity index (χ0v) is 11.7. The van der Waals surface area contributed by atoms with Gasteiger partial charge in [0.2, 0.25) is 0 Å². The van der Waals surface area contributed by atoms with Gasteiger partial charge in [0.15, 0.2) is 11.5 Å². The van der Waals surface area contributed by atoms with Crippen LogP contribution in [0, 0.1) is 0 Å². The Kier molecular flexibility index (Phi) is 10.8. The van der Waals surface area contributed by atoms with E-state index in [0.29, 0.717) is 30.2 Å². The average molecular weight is 301 g/mol. The Morgan fingerprint density at radius 2 is 1.71 bits per heavy atom. The highest BCUT2D eigenvalue weighted by Crippen LogP contribution is 2.36. The topological polar surface area (TPSA) is 92.5 Å². The van der Waals surface area contributed by atoms with Gasteiger partial charge in [-0.2, -0.15) is 0 Å². The first-order valence-corrected chi connectivity index (χ1v) is 5.75. The Balaban J connectivity index is 0. The smallest absolute Gasteiger partial charge is 0.171 e. The first-order valence-electron chi connectivity index (χ1n) is 4.76. The van der Waals surface area contributed by atoms with Crippen LogP contribution in [0.25, 0.3) is 0 Å². The summed E-state index contributed by atoms with van der Waals surface area (Å²) in [5.74, 6) is 0.536. The molecule has 0 bridgehead atoms. The van der Waals surface area contributed by atoms with E-state index < -0.39 is 0 Å². The van der Waals surface area contributed by atoms with Gasteiger partial charge in [-0.1, -0.05) is 0 Å². The van der Waals surface area contributed by atoms with Crippen molar-refractivity contribution >= 4 is 36.6 Å². The number of benzene rings is 1. The summed E-state index contributed by atoms with van der Waals surface area (Å²) in [6.45, 7) is 1.05. The third-order valence-electron chi connectivity index (χ3n) is 1.92. The van der Waals surface area contributed by atoms with Gasteiger partial charge in [0.25, 0.3) is 0 Å². The lowest BCUT2D eigenvalue weighted by Crippen LogP contribution is -2.03. The zero-order chi connectivity index (χ0) is 11.3. The SMILES string of the molecule is Cl.Cl.NCCSc1cc(CCN)cc(O)c1O. The Morgan fingerprint density at radius 3 is 2.24 bits per heavy atom. The van der Waals surface area contributed by atoms with Crippen molar-refractivity contribution in [2.75, 3.05) is 18.8 Å². The summed E-state index contributed by atoms with van der Waals surface area (Å²) in [4.78, 5) is 0.656. The standard InChI is InChI=1S/C10H16N2O2S.2ClH/c11-2-1-7-5-8(13)10(14)9(6-7)15-4-3-12;;/h5-6,13-14H,1-4,11-12H2;2*1H. The predicted molar refractivity (Wildman–Crippen MR) is 76.8 cm³/mol. The molecule has 0 unspecified atom stereocenters. The molecule has 7 heteroatoms. The molecule has 17 heavy (non-hydrogen) atoms. The normalized spacial score (nSPS) is 9.29. The molecule has 0 saturated heterocycles. The van der Waals surface area contributed by atoms with Gasteiger partial charge in [0.05, 0.1) is 4.90 Å². The number of thioether (sulfide) groups is 1. The molecule has 4 nitrogen and oxygen atoms in total. The van der Waals surface area contributed by atoms with Gasteiger partial charge in [0, 0.05) is 12.3 Å². The second-order valence-electron chi connectivity index (χ2n) is 3.14. The van der Waals surface area contributed by atoms with Crippen molar-refractivity contribution < 1.29 is 10.2 Å². The summed E-state index contributed by atoms with van der Waals surface area (Å²) < 4.78 is 0. The summed E-state index contributed by atoms with van der Waals surface area (Å²) in [5, 5.41) is 19.0. The van der Waals surface area contributed by atoms with Crippen LogP contribution < -0.4 is 11.5 Å². The Hall–Kier alpha value is -0.330. The highest BCUT2D eigenvalue weighted by Gasteiger charge is 2.09. The van der Waals surface area contributed by atoms with Crippen LogP contribution in [-0.4, -0.2) is 29.1 Å². The molecule has 0 saturated carbocycles. The number of nitrogens with two attached hydrogens (primary N) is 2. The molecule has 0 radical (unpaired) electrons. The number of hydrogen-bond donors (Lipinski definition) is 4. The van der Waals surface area contributed by atoms with Gasteiger partial charge in [-0.3, -0.25) is 0 Å². The van der Waals surface area contributed by atoms with Crippen LogP contribution in [0.5, 0.6) is 11.5 Å². The van der Waals surface area contributed by atoms with E-state index in [-0.39, 0.29) is 36.3 Å². The van der Waals surface area contributed by atoms with Crippen molar-refractivity contribution in [2.45, 2.75) is 11.3 Å². The van der Waals surface area contributed by atoms with E-state index in [0.717, 1.165) is 5.56 Å². The van der Waals surface area contributed by atoms with Gasteiger partial charge < -0.3 is 21.7 Å². The number of phenols is 2. The molecule has 6 N–H and O–H groups in total. The maximum Gasteiger partial charge on any atom is 0.171 e. The fourth-order valence-electron chi connectivity index (χ4n) is 1.24. The molecule has 1 aromatic rings. The Labute approximate surface area is 118 Å². The third-order valence-corrected chi connectivity index (χ3v) is 2.99. The van der Waals surface area contributed by atoms with Crippen molar-refractivity contribution in [2.24, 2.45) is 11.5 Å². The molecule has 0 heterocycles. The summed E-state index contributed by atoms with van der Waals surface area (Å²) >= 11 is 1.43. The van der Waals surface area contributed by atoms with Gasteiger partial charge in [0.1, 0.15) is 0 Å². The molecule has 0 amide bonds. The first kappa shape index (κ1) is 19.0. The minimum absolute atomic E-state index is 0. The number of hydrogen-bond acceptors (Lipinski definition) is 5. The largest absolute Gasteiger partial charge is 0.504 e. The van der Waals surface area contributed by atoms with Crippen LogP contribution in [0.3, 0.4) is 0 Å². The molecular formula is C10H18Cl2N2O2S. The van der Waals surface area contributed by atoms with Crippen LogP contribution in [-0.2, 0) is 6.42 Å². The Morgan fingerprint density at radius 1 is 1.06 bits per heavy atom. The first-order chi connectivity index (χ1) is 7.19. The second-order valence-corrected chi connectivity index (χ2v) is 4.27. The minimum Gasteiger partial charge on any atom is -0.504 e. The van der Waals surface area contributed by atoms with E-state index in [9.17, 15) is 10.2 Å². The maximum atomic E-state index is 9.57. The van der Waals surface area contributed by atoms with E-state index in [2.05, 4.69) is 0 Å². The van der Waals surface area contributed by atoms with Gasteiger partial charge >= 0.3 is 0 Å². The fraction of sp³-hybridized carbons (Fsp3) is 0.400. The summed E-state index contributed by atoms with van der Waals surface area (Å²) in [7, 11) is 0. The van der Waals surface area contributed by atoms with Crippen LogP contribution >= 0.6 is 36.6 Å². The van der Waals surface area contributed by atoms with Crippen molar-refractivity contribution in [1.82, 2.24) is 0 Å². The van der Waals surface area contributed by atoms with Crippen LogP contribution in [0.2, 0.25) is 0 Å². The van der Waals surface area contributed by atoms with Gasteiger partial charge in [-0.05, 0) is 30.7 Å². The summed E-state index contributed by atoms with van der Waals surface area (Å²) in [6.07, 6.45) is 0.685. The maximum absolute atomic E-state index is 9.57. The molecule has 0 aromatic heterocycles. The molecule has 0 aliphatic rings. The summed E-state index contributed by atoms with van der Waals surface area (Å²) in [5.41, 5.74) is 11.7. The quantitative estimate of drug-likeness (QED) is 0.488. The molecule has 0 atom stereocenters. The number of rotatable bonds is 5. The molecular weight excluding hydrogens is 283 g/mol. The molecule has 0 spiro atoms. The van der Waals surface area contributed by atoms with E-state index in [4.69, 9.17) is 11.5 Å². The second kappa shape index (κ2) is 9.67. The number of halogens is 2. The monoisotopic (exact) mass is 300 g/mol. The summed E-state index contributed by atoms with van der Waals surface area (Å²) in [6, 6.07) is 3.37. The zero-order valence-electron chi connectivity index (χ0n) is 9.26. The number of phenolic OH excluding ortho intramolecular Hbond substituents is 2. The van der Waals surface area contributed by atoms with E-state index in [1.807, 2.05) is 6.07 Å². The fourth-order valence-corrected chi connectivity index (χ4v) is 2.05. The van der Waals surface area contributed by atoms with E-state index in [1.54, 1.807) is 0 Å². The molecule has 1 rings (SSSR count). The molecule has 0 aliphatic heterocycles. The van der Waals surface area contributed by atoms with Gasteiger partial charge in [-0.15, -0.1) is 36.6 Å². The molecule has 0 fully saturated rings. The molecule has 100 valence electrons. The Bertz CT molecular complexity index is 340. The van der Waals surface area contributed by atoms with Gasteiger partial charge in [-0.25, -0.2) is 0 Å². The average Bonchev–Trinajstić information content (AvgIpc) is 2.21. The van der Waals surface area contributed by atoms with Crippen LogP contribution in [0.1, 0.15) is 5.56 Å². The van der Waals surface area contributed by atoms with Crippen molar-refractivity contribution in [1.29, 1.82) is 0 Å². The van der Waals surface area contributed by atoms with E-state index in [1.165, 1.54) is 17.8 Å². The van der Waals surface area contributed by atoms with Crippen molar-refractivity contribution in [3.05, 3.63) is 17.7 Å². The molecule has 1 aromatic carbocycles. The van der Waals surface area contributed by atoms with Crippen molar-refractivity contribution in [3.63, 3.8) is 0 Å². The van der Waals surface area contributed by atoms with E-state index >= 15 is 0 Å². The lowest BCUT2D eigenvalue weighted by Gasteiger charge is -2.08. The highest BCUT2D eigenvalue weighted by atomic mass is 35.5. The minimum atomic E-state index is -0.0968. The third kappa shape index (κ3) is 5.70. The predicted octanol–water partition coefficient (Wildman–Crippen LogP) is 1.49. The van der Waals surface area contributed by atoms with Crippen LogP contribution in [0.15, 0.2) is 17.0 Å². The lowest BCUT2D eigenvalue weighted by molar-refractivity contribution is 0.394. The van der Waals surface area contributed by atoms with Crippen LogP contribution in [0.4, 0.5) is 0 Å².